The lowest BCUT2D eigenvalue weighted by Crippen LogP contribution is -2.01. The smallest absolute Gasteiger partial charge is 0.150 e. The van der Waals surface area contributed by atoms with Crippen LogP contribution in [0.1, 0.15) is 142 Å². The molecular weight excluding hydrogens is 533 g/mol. The molecule has 0 amide bonds. The Morgan fingerprint density at radius 1 is 0.550 bits per heavy atom. The van der Waals surface area contributed by atoms with Crippen LogP contribution in [0.4, 0.5) is 0 Å². The first kappa shape index (κ1) is 34.4. The number of nitrogens with zero attached hydrogens (tertiary/aromatic N) is 2. The van der Waals surface area contributed by atoms with Gasteiger partial charge in [0, 0.05) is 0 Å². The Labute approximate surface area is 253 Å². The van der Waals surface area contributed by atoms with E-state index in [0.29, 0.717) is 13.2 Å². The molecule has 0 atom stereocenters. The minimum absolute atomic E-state index is 0.160. The van der Waals surface area contributed by atoms with Crippen molar-refractivity contribution in [2.24, 2.45) is 0 Å². The van der Waals surface area contributed by atoms with E-state index in [2.05, 4.69) is 13.8 Å². The second kappa shape index (κ2) is 22.9. The molecule has 1 aliphatic rings. The first-order valence-corrected chi connectivity index (χ1v) is 17.7. The number of nitriles is 2. The third-order valence-corrected chi connectivity index (χ3v) is 10.00. The minimum atomic E-state index is 0.160. The van der Waals surface area contributed by atoms with Crippen molar-refractivity contribution in [2.45, 2.75) is 152 Å². The average molecular weight is 585 g/mol. The fraction of sp³-hybridized carbons (Fsp3) is 0.706. The van der Waals surface area contributed by atoms with Crippen LogP contribution in [0.3, 0.4) is 0 Å². The zero-order valence-corrected chi connectivity index (χ0v) is 26.9. The van der Waals surface area contributed by atoms with E-state index in [4.69, 9.17) is 9.47 Å². The van der Waals surface area contributed by atoms with E-state index in [1.165, 1.54) is 139 Å². The van der Waals surface area contributed by atoms with Gasteiger partial charge in [0.1, 0.15) is 29.2 Å². The van der Waals surface area contributed by atoms with Gasteiger partial charge < -0.3 is 9.47 Å². The molecule has 0 bridgehead atoms. The van der Waals surface area contributed by atoms with Crippen LogP contribution in [0.2, 0.25) is 0 Å². The first-order chi connectivity index (χ1) is 19.7. The zero-order chi connectivity index (χ0) is 28.7. The first-order valence-electron chi connectivity index (χ1n) is 16.1. The molecule has 0 saturated carbocycles. The molecule has 1 heterocycles. The number of unbranched alkanes of at least 4 members (excludes halogenated alkanes) is 18. The van der Waals surface area contributed by atoms with Gasteiger partial charge in [-0.25, -0.2) is 0 Å². The van der Waals surface area contributed by atoms with Gasteiger partial charge in [0.25, 0.3) is 0 Å². The van der Waals surface area contributed by atoms with E-state index in [-0.39, 0.29) is 5.57 Å². The molecule has 0 aliphatic carbocycles. The molecule has 40 heavy (non-hydrogen) atoms. The maximum Gasteiger partial charge on any atom is 0.150 e. The van der Waals surface area contributed by atoms with Crippen LogP contribution in [0.5, 0.6) is 11.5 Å². The highest BCUT2D eigenvalue weighted by atomic mass is 32.2. The quantitative estimate of drug-likeness (QED) is 0.0889. The maximum absolute atomic E-state index is 9.42. The molecule has 2 rings (SSSR count). The molecule has 1 aromatic rings. The third kappa shape index (κ3) is 13.7. The van der Waals surface area contributed by atoms with Crippen molar-refractivity contribution in [3.63, 3.8) is 0 Å². The van der Waals surface area contributed by atoms with Gasteiger partial charge in [-0.05, 0) is 25.0 Å². The fourth-order valence-electron chi connectivity index (χ4n) is 4.91. The standard InChI is InChI=1S/C34H52N2O2S2/c1-3-5-7-9-11-13-15-17-19-21-25-37-30-23-24-31(33-32(30)39-34(40-33)29(27-35)28-36)38-26-22-20-18-16-14-12-10-8-6-4-2/h23-24H,3-22,25-26H2,1-2H3. The fourth-order valence-corrected chi connectivity index (χ4v) is 7.43. The molecule has 0 spiro atoms. The van der Waals surface area contributed by atoms with Gasteiger partial charge in [0.05, 0.1) is 27.2 Å². The number of allylic oxidation sites excluding steroid dienone is 1. The SMILES string of the molecule is CCCCCCCCCCCCOc1ccc(OCCCCCCCCCCCC)c2c1SC(=C(C#N)C#N)S2. The molecule has 6 heteroatoms. The minimum Gasteiger partial charge on any atom is -0.492 e. The van der Waals surface area contributed by atoms with Gasteiger partial charge in [-0.1, -0.05) is 153 Å². The summed E-state index contributed by atoms with van der Waals surface area (Å²) in [4.78, 5) is 1.96. The summed E-state index contributed by atoms with van der Waals surface area (Å²) in [6.07, 6.45) is 26.0. The second-order valence-corrected chi connectivity index (χ2v) is 13.2. The summed E-state index contributed by atoms with van der Waals surface area (Å²) in [5.41, 5.74) is 0.160. The molecule has 0 saturated heterocycles. The predicted octanol–water partition coefficient (Wildman–Crippen LogP) is 11.7. The van der Waals surface area contributed by atoms with Crippen LogP contribution < -0.4 is 9.47 Å². The van der Waals surface area contributed by atoms with Gasteiger partial charge >= 0.3 is 0 Å². The number of ether oxygens (including phenoxy) is 2. The lowest BCUT2D eigenvalue weighted by atomic mass is 10.1. The number of benzene rings is 1. The van der Waals surface area contributed by atoms with Gasteiger partial charge in [-0.2, -0.15) is 10.5 Å². The van der Waals surface area contributed by atoms with Crippen LogP contribution in [0, 0.1) is 22.7 Å². The number of fused-ring (bicyclic) bond motifs is 1. The summed E-state index contributed by atoms with van der Waals surface area (Å²) < 4.78 is 13.1. The molecule has 0 radical (unpaired) electrons. The number of rotatable bonds is 24. The molecule has 1 aromatic carbocycles. The molecule has 0 fully saturated rings. The van der Waals surface area contributed by atoms with Crippen molar-refractivity contribution in [1.29, 1.82) is 10.5 Å². The van der Waals surface area contributed by atoms with Gasteiger partial charge in [0.15, 0.2) is 0 Å². The molecule has 0 aromatic heterocycles. The maximum atomic E-state index is 9.42. The summed E-state index contributed by atoms with van der Waals surface area (Å²) in [7, 11) is 0. The van der Waals surface area contributed by atoms with E-state index < -0.39 is 0 Å². The lowest BCUT2D eigenvalue weighted by Gasteiger charge is -2.14. The zero-order valence-electron chi connectivity index (χ0n) is 25.2. The van der Waals surface area contributed by atoms with Crippen LogP contribution >= 0.6 is 23.5 Å². The summed E-state index contributed by atoms with van der Waals surface area (Å²) in [6.45, 7) is 5.91. The topological polar surface area (TPSA) is 66.0 Å². The normalized spacial score (nSPS) is 12.2. The highest BCUT2D eigenvalue weighted by Crippen LogP contribution is 2.58. The number of hydrogen-bond acceptors (Lipinski definition) is 6. The highest BCUT2D eigenvalue weighted by Gasteiger charge is 2.28. The summed E-state index contributed by atoms with van der Waals surface area (Å²) in [5, 5.41) is 18.8. The molecule has 1 aliphatic heterocycles. The van der Waals surface area contributed by atoms with Crippen LogP contribution in [0.15, 0.2) is 31.7 Å². The third-order valence-electron chi connectivity index (χ3n) is 7.37. The lowest BCUT2D eigenvalue weighted by molar-refractivity contribution is 0.284. The van der Waals surface area contributed by atoms with Gasteiger partial charge in [0.2, 0.25) is 0 Å². The van der Waals surface area contributed by atoms with E-state index in [1.807, 2.05) is 24.3 Å². The monoisotopic (exact) mass is 584 g/mol. The van der Waals surface area contributed by atoms with Crippen molar-refractivity contribution in [2.75, 3.05) is 13.2 Å². The Hall–Kier alpha value is -1.76. The Kier molecular flexibility index (Phi) is 19.7. The van der Waals surface area contributed by atoms with Crippen molar-refractivity contribution in [3.8, 4) is 23.6 Å². The van der Waals surface area contributed by atoms with E-state index in [0.717, 1.165) is 38.4 Å². The number of thioether (sulfide) groups is 2. The molecular formula is C34H52N2O2S2. The Balaban J connectivity index is 1.76. The van der Waals surface area contributed by atoms with Crippen molar-refractivity contribution in [1.82, 2.24) is 0 Å². The van der Waals surface area contributed by atoms with E-state index in [9.17, 15) is 10.5 Å². The van der Waals surface area contributed by atoms with Crippen molar-refractivity contribution in [3.05, 3.63) is 21.9 Å². The van der Waals surface area contributed by atoms with E-state index in [1.54, 1.807) is 0 Å². The van der Waals surface area contributed by atoms with E-state index >= 15 is 0 Å². The average Bonchev–Trinajstić information content (AvgIpc) is 3.41. The summed E-state index contributed by atoms with van der Waals surface area (Å²) in [5.74, 6) is 1.67. The Bertz CT molecular complexity index is 875. The Morgan fingerprint density at radius 2 is 0.875 bits per heavy atom. The Morgan fingerprint density at radius 3 is 1.20 bits per heavy atom. The molecule has 0 N–H and O–H groups in total. The summed E-state index contributed by atoms with van der Waals surface area (Å²) in [6, 6.07) is 8.08. The predicted molar refractivity (Wildman–Crippen MR) is 171 cm³/mol. The van der Waals surface area contributed by atoms with Crippen LogP contribution in [0.25, 0.3) is 0 Å². The van der Waals surface area contributed by atoms with Crippen molar-refractivity contribution < 1.29 is 9.47 Å². The summed E-state index contributed by atoms with van der Waals surface area (Å²) >= 11 is 2.94. The second-order valence-electron chi connectivity index (χ2n) is 10.9. The van der Waals surface area contributed by atoms with Crippen LogP contribution in [-0.2, 0) is 0 Å². The molecule has 222 valence electrons. The van der Waals surface area contributed by atoms with Crippen molar-refractivity contribution >= 4 is 23.5 Å². The molecule has 0 unspecified atom stereocenters. The van der Waals surface area contributed by atoms with Crippen LogP contribution in [-0.4, -0.2) is 13.2 Å². The largest absolute Gasteiger partial charge is 0.492 e. The van der Waals surface area contributed by atoms with Gasteiger partial charge in [-0.15, -0.1) is 0 Å². The molecule has 4 nitrogen and oxygen atoms in total. The van der Waals surface area contributed by atoms with Gasteiger partial charge in [-0.3, -0.25) is 0 Å². The highest BCUT2D eigenvalue weighted by molar-refractivity contribution is 8.24. The number of hydrogen-bond donors (Lipinski definition) is 0.